The number of pyridine rings is 1. The minimum Gasteiger partial charge on any atom is -0.335 e. The summed E-state index contributed by atoms with van der Waals surface area (Å²) in [4.78, 5) is 34.7. The second-order valence-corrected chi connectivity index (χ2v) is 8.91. The number of carbonyl (C=O) groups is 2. The number of nitrogens with zero attached hydrogens (tertiary/aromatic N) is 3. The summed E-state index contributed by atoms with van der Waals surface area (Å²) in [6.07, 6.45) is 1.73. The summed E-state index contributed by atoms with van der Waals surface area (Å²) in [5.41, 5.74) is 3.26. The number of carbonyl (C=O) groups excluding carboxylic acids is 2. The van der Waals surface area contributed by atoms with Crippen LogP contribution in [0.3, 0.4) is 0 Å². The maximum absolute atomic E-state index is 13.5. The van der Waals surface area contributed by atoms with Gasteiger partial charge in [0.25, 0.3) is 11.8 Å². The first-order chi connectivity index (χ1) is 16.0. The highest BCUT2D eigenvalue weighted by Gasteiger charge is 2.27. The Morgan fingerprint density at radius 3 is 2.12 bits per heavy atom. The Hall–Kier alpha value is -3.73. The number of piperazine rings is 1. The van der Waals surface area contributed by atoms with Gasteiger partial charge in [-0.05, 0) is 46.5 Å². The van der Waals surface area contributed by atoms with Crippen LogP contribution < -0.4 is 0 Å². The summed E-state index contributed by atoms with van der Waals surface area (Å²) < 4.78 is 0. The minimum atomic E-state index is -0.0298. The maximum Gasteiger partial charge on any atom is 0.256 e. The van der Waals surface area contributed by atoms with Crippen LogP contribution in [0.25, 0.3) is 21.7 Å². The van der Waals surface area contributed by atoms with Gasteiger partial charge in [-0.15, -0.1) is 0 Å². The smallest absolute Gasteiger partial charge is 0.256 e. The molecule has 5 rings (SSSR count). The third-order valence-corrected chi connectivity index (χ3v) is 6.52. The molecule has 0 spiro atoms. The molecule has 1 fully saturated rings. The minimum absolute atomic E-state index is 0.0234. The van der Waals surface area contributed by atoms with Crippen molar-refractivity contribution in [2.75, 3.05) is 26.2 Å². The van der Waals surface area contributed by atoms with Crippen molar-refractivity contribution in [2.24, 2.45) is 0 Å². The summed E-state index contributed by atoms with van der Waals surface area (Å²) in [5, 5.41) is 3.11. The summed E-state index contributed by atoms with van der Waals surface area (Å²) in [5.74, 6) is 0.428. The van der Waals surface area contributed by atoms with Crippen LogP contribution in [0.15, 0.2) is 72.9 Å². The van der Waals surface area contributed by atoms with E-state index in [9.17, 15) is 9.59 Å². The van der Waals surface area contributed by atoms with E-state index < -0.39 is 0 Å². The summed E-state index contributed by atoms with van der Waals surface area (Å²) in [7, 11) is 0. The molecule has 0 saturated carbocycles. The topological polar surface area (TPSA) is 53.5 Å². The molecule has 0 radical (unpaired) electrons. The van der Waals surface area contributed by atoms with Crippen molar-refractivity contribution in [3.63, 3.8) is 0 Å². The first-order valence-corrected chi connectivity index (χ1v) is 11.5. The molecule has 2 heterocycles. The van der Waals surface area contributed by atoms with Crippen molar-refractivity contribution < 1.29 is 9.59 Å². The van der Waals surface area contributed by atoms with E-state index in [0.717, 1.165) is 21.7 Å². The van der Waals surface area contributed by atoms with Gasteiger partial charge in [0, 0.05) is 43.3 Å². The van der Waals surface area contributed by atoms with Gasteiger partial charge in [0.05, 0.1) is 11.1 Å². The second kappa shape index (κ2) is 8.66. The molecule has 0 atom stereocenters. The van der Waals surface area contributed by atoms with Gasteiger partial charge in [0.1, 0.15) is 0 Å². The normalized spacial score (nSPS) is 14.3. The summed E-state index contributed by atoms with van der Waals surface area (Å²) in [6.45, 7) is 6.35. The van der Waals surface area contributed by atoms with Crippen molar-refractivity contribution in [3.05, 3.63) is 89.6 Å². The lowest BCUT2D eigenvalue weighted by molar-refractivity contribution is 0.0536. The average Bonchev–Trinajstić information content (AvgIpc) is 2.87. The van der Waals surface area contributed by atoms with E-state index in [4.69, 9.17) is 0 Å². The Kier molecular flexibility index (Phi) is 5.55. The van der Waals surface area contributed by atoms with E-state index in [2.05, 4.69) is 24.9 Å². The highest BCUT2D eigenvalue weighted by atomic mass is 16.2. The Morgan fingerprint density at radius 1 is 0.788 bits per heavy atom. The number of benzene rings is 3. The van der Waals surface area contributed by atoms with Crippen molar-refractivity contribution >= 4 is 33.5 Å². The van der Waals surface area contributed by atoms with E-state index in [1.807, 2.05) is 70.5 Å². The molecule has 0 N–H and O–H groups in total. The molecular formula is C28H27N3O2. The van der Waals surface area contributed by atoms with E-state index in [0.29, 0.717) is 43.2 Å². The lowest BCUT2D eigenvalue weighted by Gasteiger charge is -2.35. The lowest BCUT2D eigenvalue weighted by Crippen LogP contribution is -2.50. The molecule has 0 bridgehead atoms. The van der Waals surface area contributed by atoms with Gasteiger partial charge < -0.3 is 9.80 Å². The summed E-state index contributed by atoms with van der Waals surface area (Å²) >= 11 is 0. The van der Waals surface area contributed by atoms with Gasteiger partial charge in [-0.25, -0.2) is 0 Å². The van der Waals surface area contributed by atoms with Gasteiger partial charge in [-0.3, -0.25) is 14.6 Å². The lowest BCUT2D eigenvalue weighted by atomic mass is 10.00. The molecule has 1 aromatic heterocycles. The maximum atomic E-state index is 13.5. The Labute approximate surface area is 193 Å². The SMILES string of the molecule is CC(C)c1ccc(C(=O)N2CCN(C(=O)c3cc4ccccc4c4cccnc34)CC2)cc1. The van der Waals surface area contributed by atoms with Crippen molar-refractivity contribution in [1.82, 2.24) is 14.8 Å². The molecule has 5 nitrogen and oxygen atoms in total. The first kappa shape index (κ1) is 21.1. The van der Waals surface area contributed by atoms with E-state index in [1.54, 1.807) is 6.20 Å². The number of hydrogen-bond donors (Lipinski definition) is 0. The number of aromatic nitrogens is 1. The van der Waals surface area contributed by atoms with Crippen LogP contribution in [-0.2, 0) is 0 Å². The number of fused-ring (bicyclic) bond motifs is 3. The molecule has 1 aliphatic heterocycles. The van der Waals surface area contributed by atoms with E-state index >= 15 is 0 Å². The van der Waals surface area contributed by atoms with Gasteiger partial charge in [0.2, 0.25) is 0 Å². The third kappa shape index (κ3) is 3.95. The first-order valence-electron chi connectivity index (χ1n) is 11.5. The quantitative estimate of drug-likeness (QED) is 0.419. The highest BCUT2D eigenvalue weighted by molar-refractivity contribution is 6.15. The van der Waals surface area contributed by atoms with Gasteiger partial charge in [0.15, 0.2) is 0 Å². The van der Waals surface area contributed by atoms with Crippen LogP contribution in [-0.4, -0.2) is 52.8 Å². The zero-order valence-corrected chi connectivity index (χ0v) is 19.0. The highest BCUT2D eigenvalue weighted by Crippen LogP contribution is 2.28. The molecule has 0 unspecified atom stereocenters. The predicted molar refractivity (Wildman–Crippen MR) is 132 cm³/mol. The Balaban J connectivity index is 1.34. The zero-order chi connectivity index (χ0) is 22.9. The fraction of sp³-hybridized carbons (Fsp3) is 0.250. The predicted octanol–water partition coefficient (Wildman–Crippen LogP) is 5.11. The van der Waals surface area contributed by atoms with E-state index in [-0.39, 0.29) is 11.8 Å². The molecule has 2 amide bonds. The van der Waals surface area contributed by atoms with Gasteiger partial charge >= 0.3 is 0 Å². The third-order valence-electron chi connectivity index (χ3n) is 6.52. The number of hydrogen-bond acceptors (Lipinski definition) is 3. The van der Waals surface area contributed by atoms with Crippen molar-refractivity contribution in [2.45, 2.75) is 19.8 Å². The van der Waals surface area contributed by atoms with Crippen LogP contribution in [0.5, 0.6) is 0 Å². The Bertz CT molecular complexity index is 1340. The Morgan fingerprint density at radius 2 is 1.42 bits per heavy atom. The second-order valence-electron chi connectivity index (χ2n) is 8.91. The monoisotopic (exact) mass is 437 g/mol. The average molecular weight is 438 g/mol. The van der Waals surface area contributed by atoms with Gasteiger partial charge in [-0.1, -0.05) is 56.3 Å². The number of rotatable bonds is 3. The molecule has 1 aliphatic rings. The standard InChI is InChI=1S/C28H27N3O2/c1-19(2)20-9-11-21(12-10-20)27(32)30-14-16-31(17-15-30)28(33)25-18-22-6-3-4-7-23(22)24-8-5-13-29-26(24)25/h3-13,18-19H,14-17H2,1-2H3. The van der Waals surface area contributed by atoms with Crippen LogP contribution in [0.2, 0.25) is 0 Å². The molecule has 0 aliphatic carbocycles. The fourth-order valence-corrected chi connectivity index (χ4v) is 4.57. The van der Waals surface area contributed by atoms with E-state index in [1.165, 1.54) is 5.56 Å². The fourth-order valence-electron chi connectivity index (χ4n) is 4.57. The summed E-state index contributed by atoms with van der Waals surface area (Å²) in [6, 6.07) is 21.8. The van der Waals surface area contributed by atoms with Crippen molar-refractivity contribution in [3.8, 4) is 0 Å². The molecular weight excluding hydrogens is 410 g/mol. The molecule has 5 heteroatoms. The number of amides is 2. The van der Waals surface area contributed by atoms with Crippen molar-refractivity contribution in [1.29, 1.82) is 0 Å². The van der Waals surface area contributed by atoms with Gasteiger partial charge in [-0.2, -0.15) is 0 Å². The molecule has 3 aromatic carbocycles. The molecule has 166 valence electrons. The molecule has 1 saturated heterocycles. The zero-order valence-electron chi connectivity index (χ0n) is 19.0. The van der Waals surface area contributed by atoms with Crippen LogP contribution in [0.4, 0.5) is 0 Å². The van der Waals surface area contributed by atoms with Crippen LogP contribution in [0, 0.1) is 0 Å². The molecule has 33 heavy (non-hydrogen) atoms. The molecule has 4 aromatic rings. The largest absolute Gasteiger partial charge is 0.335 e. The van der Waals surface area contributed by atoms with Crippen LogP contribution >= 0.6 is 0 Å². The van der Waals surface area contributed by atoms with Crippen LogP contribution in [0.1, 0.15) is 46.0 Å².